The van der Waals surface area contributed by atoms with Gasteiger partial charge < -0.3 is 5.11 Å². The number of benzene rings is 2. The lowest BCUT2D eigenvalue weighted by molar-refractivity contribution is 0.172. The SMILES string of the molecule is OC(Cc1c(F)cccc1Cl)c1ccc(F)cc1F. The number of hydrogen-bond acceptors (Lipinski definition) is 1. The van der Waals surface area contributed by atoms with Crippen molar-refractivity contribution in [3.8, 4) is 0 Å². The van der Waals surface area contributed by atoms with Crippen molar-refractivity contribution in [3.05, 3.63) is 70.0 Å². The van der Waals surface area contributed by atoms with Gasteiger partial charge in [0.25, 0.3) is 0 Å². The summed E-state index contributed by atoms with van der Waals surface area (Å²) >= 11 is 5.82. The summed E-state index contributed by atoms with van der Waals surface area (Å²) in [6, 6.07) is 6.95. The molecule has 0 saturated carbocycles. The van der Waals surface area contributed by atoms with Crippen LogP contribution in [0.4, 0.5) is 13.2 Å². The van der Waals surface area contributed by atoms with Crippen molar-refractivity contribution < 1.29 is 18.3 Å². The Labute approximate surface area is 113 Å². The zero-order chi connectivity index (χ0) is 14.0. The third-order valence-corrected chi connectivity index (χ3v) is 3.13. The van der Waals surface area contributed by atoms with Crippen molar-refractivity contribution in [3.63, 3.8) is 0 Å². The molecular formula is C14H10ClF3O. The fourth-order valence-electron chi connectivity index (χ4n) is 1.80. The molecule has 1 nitrogen and oxygen atoms in total. The third kappa shape index (κ3) is 3.08. The van der Waals surface area contributed by atoms with Crippen LogP contribution in [0, 0.1) is 17.5 Å². The normalized spacial score (nSPS) is 12.5. The molecule has 2 aromatic carbocycles. The molecule has 0 radical (unpaired) electrons. The molecule has 0 aliphatic heterocycles. The molecule has 0 spiro atoms. The number of rotatable bonds is 3. The molecule has 1 N–H and O–H groups in total. The van der Waals surface area contributed by atoms with Crippen LogP contribution >= 0.6 is 11.6 Å². The summed E-state index contributed by atoms with van der Waals surface area (Å²) in [7, 11) is 0. The molecule has 1 unspecified atom stereocenters. The van der Waals surface area contributed by atoms with Gasteiger partial charge in [0, 0.05) is 28.6 Å². The zero-order valence-corrected chi connectivity index (χ0v) is 10.5. The predicted octanol–water partition coefficient (Wildman–Crippen LogP) is 4.03. The molecular weight excluding hydrogens is 277 g/mol. The number of halogens is 4. The van der Waals surface area contributed by atoms with Gasteiger partial charge in [-0.1, -0.05) is 23.7 Å². The van der Waals surface area contributed by atoms with Gasteiger partial charge in [0.1, 0.15) is 17.5 Å². The summed E-state index contributed by atoms with van der Waals surface area (Å²) in [5.41, 5.74) is 0.00103. The van der Waals surface area contributed by atoms with Gasteiger partial charge in [-0.25, -0.2) is 13.2 Å². The van der Waals surface area contributed by atoms with Crippen LogP contribution in [-0.4, -0.2) is 5.11 Å². The molecule has 0 bridgehead atoms. The van der Waals surface area contributed by atoms with Gasteiger partial charge >= 0.3 is 0 Å². The topological polar surface area (TPSA) is 20.2 Å². The fourth-order valence-corrected chi connectivity index (χ4v) is 2.04. The Balaban J connectivity index is 2.28. The van der Waals surface area contributed by atoms with Gasteiger partial charge in [-0.3, -0.25) is 0 Å². The Morgan fingerprint density at radius 2 is 1.79 bits per heavy atom. The van der Waals surface area contributed by atoms with Crippen LogP contribution in [0.2, 0.25) is 5.02 Å². The Kier molecular flexibility index (Phi) is 4.12. The molecule has 2 aromatic rings. The average Bonchev–Trinajstić information content (AvgIpc) is 2.33. The highest BCUT2D eigenvalue weighted by Crippen LogP contribution is 2.27. The van der Waals surface area contributed by atoms with E-state index in [0.717, 1.165) is 12.1 Å². The van der Waals surface area contributed by atoms with E-state index >= 15 is 0 Å². The van der Waals surface area contributed by atoms with Gasteiger partial charge in [0.15, 0.2) is 0 Å². The van der Waals surface area contributed by atoms with E-state index in [1.165, 1.54) is 18.2 Å². The highest BCUT2D eigenvalue weighted by molar-refractivity contribution is 6.31. The third-order valence-electron chi connectivity index (χ3n) is 2.78. The van der Waals surface area contributed by atoms with Crippen molar-refractivity contribution in [2.45, 2.75) is 12.5 Å². The van der Waals surface area contributed by atoms with Gasteiger partial charge in [-0.05, 0) is 18.2 Å². The molecule has 0 aliphatic rings. The summed E-state index contributed by atoms with van der Waals surface area (Å²) in [6.07, 6.45) is -1.48. The Bertz CT molecular complexity index is 581. The van der Waals surface area contributed by atoms with E-state index < -0.39 is 23.6 Å². The quantitative estimate of drug-likeness (QED) is 0.903. The standard InChI is InChI=1S/C14H10ClF3O/c15-11-2-1-3-12(17)10(11)7-14(19)9-5-4-8(16)6-13(9)18/h1-6,14,19H,7H2. The summed E-state index contributed by atoms with van der Waals surface area (Å²) in [6.45, 7) is 0. The molecule has 0 fully saturated rings. The van der Waals surface area contributed by atoms with Crippen molar-refractivity contribution in [1.29, 1.82) is 0 Å². The maximum Gasteiger partial charge on any atom is 0.131 e. The van der Waals surface area contributed by atoms with E-state index in [1.54, 1.807) is 0 Å². The second-order valence-electron chi connectivity index (χ2n) is 4.09. The monoisotopic (exact) mass is 286 g/mol. The van der Waals surface area contributed by atoms with Gasteiger partial charge in [-0.2, -0.15) is 0 Å². The molecule has 2 rings (SSSR count). The predicted molar refractivity (Wildman–Crippen MR) is 66.4 cm³/mol. The smallest absolute Gasteiger partial charge is 0.131 e. The maximum atomic E-state index is 13.5. The first-order valence-corrected chi connectivity index (χ1v) is 5.92. The van der Waals surface area contributed by atoms with E-state index in [1.807, 2.05) is 0 Å². The van der Waals surface area contributed by atoms with Crippen LogP contribution in [0.25, 0.3) is 0 Å². The fraction of sp³-hybridized carbons (Fsp3) is 0.143. The number of aliphatic hydroxyl groups excluding tert-OH is 1. The summed E-state index contributed by atoms with van der Waals surface area (Å²) in [4.78, 5) is 0. The lowest BCUT2D eigenvalue weighted by atomic mass is 10.0. The number of aliphatic hydroxyl groups is 1. The highest BCUT2D eigenvalue weighted by Gasteiger charge is 2.17. The van der Waals surface area contributed by atoms with Crippen LogP contribution < -0.4 is 0 Å². The summed E-state index contributed by atoms with van der Waals surface area (Å²) < 4.78 is 39.8. The van der Waals surface area contributed by atoms with Gasteiger partial charge in [0.05, 0.1) is 6.10 Å². The molecule has 0 aliphatic carbocycles. The average molecular weight is 287 g/mol. The Hall–Kier alpha value is -1.52. The molecule has 1 atom stereocenters. The van der Waals surface area contributed by atoms with Crippen LogP contribution in [-0.2, 0) is 6.42 Å². The molecule has 19 heavy (non-hydrogen) atoms. The maximum absolute atomic E-state index is 13.5. The van der Waals surface area contributed by atoms with E-state index in [9.17, 15) is 18.3 Å². The molecule has 0 heterocycles. The number of hydrogen-bond donors (Lipinski definition) is 1. The zero-order valence-electron chi connectivity index (χ0n) is 9.71. The van der Waals surface area contributed by atoms with E-state index in [0.29, 0.717) is 6.07 Å². The summed E-state index contributed by atoms with van der Waals surface area (Å²) in [5.74, 6) is -2.19. The molecule has 0 aromatic heterocycles. The van der Waals surface area contributed by atoms with Crippen molar-refractivity contribution in [2.24, 2.45) is 0 Å². The van der Waals surface area contributed by atoms with Crippen LogP contribution in [0.15, 0.2) is 36.4 Å². The lowest BCUT2D eigenvalue weighted by Gasteiger charge is -2.13. The van der Waals surface area contributed by atoms with Crippen LogP contribution in [0.3, 0.4) is 0 Å². The molecule has 0 amide bonds. The first-order chi connectivity index (χ1) is 8.99. The molecule has 5 heteroatoms. The van der Waals surface area contributed by atoms with E-state index in [2.05, 4.69) is 0 Å². The van der Waals surface area contributed by atoms with Crippen LogP contribution in [0.5, 0.6) is 0 Å². The second-order valence-corrected chi connectivity index (χ2v) is 4.49. The molecule has 100 valence electrons. The minimum absolute atomic E-state index is 0.0966. The Morgan fingerprint density at radius 3 is 2.42 bits per heavy atom. The van der Waals surface area contributed by atoms with Crippen molar-refractivity contribution in [2.75, 3.05) is 0 Å². The van der Waals surface area contributed by atoms with E-state index in [-0.39, 0.29) is 22.6 Å². The Morgan fingerprint density at radius 1 is 1.05 bits per heavy atom. The minimum Gasteiger partial charge on any atom is -0.388 e. The lowest BCUT2D eigenvalue weighted by Crippen LogP contribution is -2.06. The van der Waals surface area contributed by atoms with E-state index in [4.69, 9.17) is 11.6 Å². The first kappa shape index (κ1) is 13.9. The largest absolute Gasteiger partial charge is 0.388 e. The van der Waals surface area contributed by atoms with Gasteiger partial charge in [0.2, 0.25) is 0 Å². The van der Waals surface area contributed by atoms with Crippen molar-refractivity contribution >= 4 is 11.6 Å². The van der Waals surface area contributed by atoms with Gasteiger partial charge in [-0.15, -0.1) is 0 Å². The second kappa shape index (κ2) is 5.63. The van der Waals surface area contributed by atoms with Crippen LogP contribution in [0.1, 0.15) is 17.2 Å². The summed E-state index contributed by atoms with van der Waals surface area (Å²) in [5, 5.41) is 10.1. The first-order valence-electron chi connectivity index (χ1n) is 5.55. The highest BCUT2D eigenvalue weighted by atomic mass is 35.5. The minimum atomic E-state index is -1.30. The van der Waals surface area contributed by atoms with Crippen molar-refractivity contribution in [1.82, 2.24) is 0 Å². The molecule has 0 saturated heterocycles.